The number of aryl methyl sites for hydroxylation is 2. The Morgan fingerprint density at radius 1 is 1.24 bits per heavy atom. The summed E-state index contributed by atoms with van der Waals surface area (Å²) in [6.45, 7) is 1.94. The van der Waals surface area contributed by atoms with Crippen molar-refractivity contribution in [1.82, 2.24) is 4.98 Å². The van der Waals surface area contributed by atoms with Crippen molar-refractivity contribution in [3.8, 4) is 0 Å². The average Bonchev–Trinajstić information content (AvgIpc) is 2.86. The smallest absolute Gasteiger partial charge is 0.271 e. The van der Waals surface area contributed by atoms with Gasteiger partial charge in [0.15, 0.2) is 0 Å². The maximum absolute atomic E-state index is 12.1. The molecule has 1 aliphatic carbocycles. The molecule has 0 aliphatic heterocycles. The van der Waals surface area contributed by atoms with Gasteiger partial charge in [0.05, 0.1) is 6.04 Å². The molecule has 0 bridgehead atoms. The minimum atomic E-state index is -0.147. The summed E-state index contributed by atoms with van der Waals surface area (Å²) in [5, 5.41) is 4.42. The number of rotatable bonds is 3. The minimum Gasteiger partial charge on any atom is -0.374 e. The molecule has 21 heavy (non-hydrogen) atoms. The molecule has 0 amide bonds. The highest BCUT2D eigenvalue weighted by Gasteiger charge is 2.17. The Bertz CT molecular complexity index is 719. The molecule has 0 saturated carbocycles. The lowest BCUT2D eigenvalue weighted by molar-refractivity contribution is 0.877. The van der Waals surface area contributed by atoms with Gasteiger partial charge in [-0.05, 0) is 49.9 Å². The lowest BCUT2D eigenvalue weighted by atomic mass is 10.1. The zero-order chi connectivity index (χ0) is 15.0. The van der Waals surface area contributed by atoms with E-state index in [4.69, 9.17) is 23.2 Å². The molecule has 2 aromatic rings. The van der Waals surface area contributed by atoms with Crippen LogP contribution < -0.4 is 10.9 Å². The Balaban J connectivity index is 1.92. The lowest BCUT2D eigenvalue weighted by Gasteiger charge is -2.18. The summed E-state index contributed by atoms with van der Waals surface area (Å²) < 4.78 is 0. The van der Waals surface area contributed by atoms with Crippen molar-refractivity contribution >= 4 is 28.9 Å². The van der Waals surface area contributed by atoms with Crippen LogP contribution in [0.5, 0.6) is 0 Å². The first-order valence-corrected chi connectivity index (χ1v) is 7.77. The Hall–Kier alpha value is -1.45. The van der Waals surface area contributed by atoms with Gasteiger partial charge in [-0.2, -0.15) is 0 Å². The van der Waals surface area contributed by atoms with Gasteiger partial charge >= 0.3 is 0 Å². The van der Waals surface area contributed by atoms with Gasteiger partial charge in [0, 0.05) is 21.3 Å². The van der Waals surface area contributed by atoms with Crippen LogP contribution in [-0.2, 0) is 12.8 Å². The molecule has 1 aromatic carbocycles. The molecular weight excluding hydrogens is 307 g/mol. The van der Waals surface area contributed by atoms with Crippen LogP contribution in [0.4, 0.5) is 5.69 Å². The van der Waals surface area contributed by atoms with Gasteiger partial charge in [-0.1, -0.05) is 29.3 Å². The number of H-pyrrole nitrogens is 1. The van der Waals surface area contributed by atoms with Gasteiger partial charge in [0.1, 0.15) is 5.69 Å². The Morgan fingerprint density at radius 2 is 1.95 bits per heavy atom. The normalized spacial score (nSPS) is 14.8. The van der Waals surface area contributed by atoms with E-state index in [0.717, 1.165) is 30.5 Å². The monoisotopic (exact) mass is 322 g/mol. The molecule has 1 unspecified atom stereocenters. The predicted octanol–water partition coefficient (Wildman–Crippen LogP) is 4.34. The molecule has 1 aliphatic rings. The molecule has 0 spiro atoms. The number of anilines is 1. The van der Waals surface area contributed by atoms with E-state index in [2.05, 4.69) is 10.3 Å². The molecule has 110 valence electrons. The van der Waals surface area contributed by atoms with Gasteiger partial charge in [0.2, 0.25) is 0 Å². The van der Waals surface area contributed by atoms with Crippen LogP contribution in [0, 0.1) is 0 Å². The zero-order valence-corrected chi connectivity index (χ0v) is 13.2. The molecule has 1 aromatic heterocycles. The van der Waals surface area contributed by atoms with Gasteiger partial charge in [-0.25, -0.2) is 0 Å². The third kappa shape index (κ3) is 2.81. The van der Waals surface area contributed by atoms with Gasteiger partial charge < -0.3 is 10.3 Å². The van der Waals surface area contributed by atoms with E-state index in [0.29, 0.717) is 15.7 Å². The average molecular weight is 323 g/mol. The summed E-state index contributed by atoms with van der Waals surface area (Å²) in [5.74, 6) is 0. The van der Waals surface area contributed by atoms with E-state index in [-0.39, 0.29) is 11.6 Å². The molecule has 1 atom stereocenters. The number of aromatic amines is 1. The summed E-state index contributed by atoms with van der Waals surface area (Å²) in [7, 11) is 0. The maximum atomic E-state index is 12.1. The maximum Gasteiger partial charge on any atom is 0.271 e. The van der Waals surface area contributed by atoms with Crippen LogP contribution in [0.25, 0.3) is 0 Å². The molecule has 0 radical (unpaired) electrons. The number of pyridine rings is 1. The highest BCUT2D eigenvalue weighted by Crippen LogP contribution is 2.32. The van der Waals surface area contributed by atoms with Crippen LogP contribution in [0.3, 0.4) is 0 Å². The van der Waals surface area contributed by atoms with Crippen LogP contribution in [0.15, 0.2) is 29.1 Å². The molecular formula is C16H16Cl2N2O. The predicted molar refractivity (Wildman–Crippen MR) is 87.6 cm³/mol. The quantitative estimate of drug-likeness (QED) is 0.882. The Labute approximate surface area is 133 Å². The van der Waals surface area contributed by atoms with E-state index in [1.165, 1.54) is 5.56 Å². The number of hydrogen-bond donors (Lipinski definition) is 2. The molecule has 3 rings (SSSR count). The molecule has 1 heterocycles. The number of hydrogen-bond acceptors (Lipinski definition) is 2. The minimum absolute atomic E-state index is 0.0920. The molecule has 5 heteroatoms. The fourth-order valence-electron chi connectivity index (χ4n) is 2.85. The largest absolute Gasteiger partial charge is 0.374 e. The summed E-state index contributed by atoms with van der Waals surface area (Å²) in [6.07, 6.45) is 3.07. The van der Waals surface area contributed by atoms with Gasteiger partial charge in [-0.15, -0.1) is 0 Å². The Morgan fingerprint density at radius 3 is 2.67 bits per heavy atom. The number of nitrogens with one attached hydrogen (secondary N) is 2. The topological polar surface area (TPSA) is 44.9 Å². The summed E-state index contributed by atoms with van der Waals surface area (Å²) in [4.78, 5) is 15.1. The fraction of sp³-hybridized carbons (Fsp3) is 0.312. The van der Waals surface area contributed by atoms with Crippen molar-refractivity contribution in [2.45, 2.75) is 32.2 Å². The van der Waals surface area contributed by atoms with Crippen molar-refractivity contribution in [2.75, 3.05) is 5.32 Å². The van der Waals surface area contributed by atoms with Crippen molar-refractivity contribution in [3.05, 3.63) is 61.5 Å². The van der Waals surface area contributed by atoms with Crippen LogP contribution in [0.2, 0.25) is 10.0 Å². The molecule has 2 N–H and O–H groups in total. The highest BCUT2D eigenvalue weighted by molar-refractivity contribution is 6.36. The summed E-state index contributed by atoms with van der Waals surface area (Å²) in [5.41, 5.74) is 3.56. The molecule has 0 saturated heterocycles. The standard InChI is InChI=1S/C16H16Cl2N2O/c1-9(15-11(17)5-3-6-12(15)18)19-14-8-10-4-2-7-13(10)20-16(14)21/h3,5-6,8-9,19H,2,4,7H2,1H3,(H,20,21). The fourth-order valence-corrected chi connectivity index (χ4v) is 3.58. The van der Waals surface area contributed by atoms with E-state index >= 15 is 0 Å². The summed E-state index contributed by atoms with van der Waals surface area (Å²) in [6, 6.07) is 7.21. The second-order valence-corrected chi connectivity index (χ2v) is 6.19. The summed E-state index contributed by atoms with van der Waals surface area (Å²) >= 11 is 12.4. The highest BCUT2D eigenvalue weighted by atomic mass is 35.5. The SMILES string of the molecule is CC(Nc1cc2c([nH]c1=O)CCC2)c1c(Cl)cccc1Cl. The van der Waals surface area contributed by atoms with Crippen molar-refractivity contribution in [3.63, 3.8) is 0 Å². The van der Waals surface area contributed by atoms with Crippen molar-refractivity contribution in [2.24, 2.45) is 0 Å². The third-order valence-corrected chi connectivity index (χ3v) is 4.55. The first-order valence-electron chi connectivity index (χ1n) is 7.02. The number of halogens is 2. The van der Waals surface area contributed by atoms with E-state index in [1.807, 2.05) is 19.1 Å². The number of aromatic nitrogens is 1. The van der Waals surface area contributed by atoms with Crippen LogP contribution >= 0.6 is 23.2 Å². The number of fused-ring (bicyclic) bond motifs is 1. The molecule has 0 fully saturated rings. The van der Waals surface area contributed by atoms with Gasteiger partial charge in [0.25, 0.3) is 5.56 Å². The molecule has 3 nitrogen and oxygen atoms in total. The number of benzene rings is 1. The first-order chi connectivity index (χ1) is 10.1. The first kappa shape index (κ1) is 14.5. The second-order valence-electron chi connectivity index (χ2n) is 5.37. The van der Waals surface area contributed by atoms with E-state index < -0.39 is 0 Å². The van der Waals surface area contributed by atoms with Crippen molar-refractivity contribution in [1.29, 1.82) is 0 Å². The van der Waals surface area contributed by atoms with E-state index in [1.54, 1.807) is 12.1 Å². The third-order valence-electron chi connectivity index (χ3n) is 3.89. The van der Waals surface area contributed by atoms with E-state index in [9.17, 15) is 4.79 Å². The van der Waals surface area contributed by atoms with Crippen LogP contribution in [-0.4, -0.2) is 4.98 Å². The van der Waals surface area contributed by atoms with Gasteiger partial charge in [-0.3, -0.25) is 4.79 Å². The second kappa shape index (κ2) is 5.74. The Kier molecular flexibility index (Phi) is 3.96. The zero-order valence-electron chi connectivity index (χ0n) is 11.7. The van der Waals surface area contributed by atoms with Crippen molar-refractivity contribution < 1.29 is 0 Å². The van der Waals surface area contributed by atoms with Crippen LogP contribution in [0.1, 0.15) is 36.2 Å². The lowest BCUT2D eigenvalue weighted by Crippen LogP contribution is -2.18.